The Balaban J connectivity index is 1.39. The number of hydrogen-bond donors (Lipinski definition) is 2. The molecule has 5 nitrogen and oxygen atoms in total. The van der Waals surface area contributed by atoms with E-state index in [1.165, 1.54) is 31.5 Å². The summed E-state index contributed by atoms with van der Waals surface area (Å²) in [6.07, 6.45) is 9.74. The molecular formula is C16H26N4O. The second-order valence-electron chi connectivity index (χ2n) is 6.31. The smallest absolute Gasteiger partial charge is 0.220 e. The van der Waals surface area contributed by atoms with Gasteiger partial charge < -0.3 is 15.2 Å². The van der Waals surface area contributed by atoms with Crippen LogP contribution in [0.15, 0.2) is 6.20 Å². The first-order valence-electron chi connectivity index (χ1n) is 8.33. The Morgan fingerprint density at radius 3 is 3.05 bits per heavy atom. The Bertz CT molecular complexity index is 453. The molecule has 0 unspecified atom stereocenters. The average molecular weight is 290 g/mol. The molecule has 0 aromatic carbocycles. The molecule has 3 rings (SSSR count). The molecule has 1 amide bonds. The molecule has 0 aliphatic carbocycles. The van der Waals surface area contributed by atoms with Gasteiger partial charge in [0.15, 0.2) is 0 Å². The van der Waals surface area contributed by atoms with E-state index in [1.807, 2.05) is 0 Å². The Hall–Kier alpha value is -1.36. The van der Waals surface area contributed by atoms with Crippen LogP contribution < -0.4 is 10.6 Å². The van der Waals surface area contributed by atoms with Crippen LogP contribution in [0.5, 0.6) is 0 Å². The van der Waals surface area contributed by atoms with Gasteiger partial charge >= 0.3 is 0 Å². The van der Waals surface area contributed by atoms with Crippen molar-refractivity contribution in [2.75, 3.05) is 13.1 Å². The lowest BCUT2D eigenvalue weighted by Gasteiger charge is -2.22. The van der Waals surface area contributed by atoms with Gasteiger partial charge in [-0.15, -0.1) is 0 Å². The van der Waals surface area contributed by atoms with Gasteiger partial charge in [0.05, 0.1) is 12.2 Å². The van der Waals surface area contributed by atoms with Gasteiger partial charge in [0.2, 0.25) is 5.91 Å². The maximum atomic E-state index is 11.9. The fourth-order valence-corrected chi connectivity index (χ4v) is 3.34. The zero-order valence-electron chi connectivity index (χ0n) is 12.7. The van der Waals surface area contributed by atoms with E-state index >= 15 is 0 Å². The highest BCUT2D eigenvalue weighted by atomic mass is 16.1. The SMILES string of the molecule is O=C(CCC1CCNCC1)NCc1cn2c(n1)CCCC2. The number of amides is 1. The third-order valence-electron chi connectivity index (χ3n) is 4.66. The third kappa shape index (κ3) is 4.06. The summed E-state index contributed by atoms with van der Waals surface area (Å²) in [7, 11) is 0. The van der Waals surface area contributed by atoms with Gasteiger partial charge in [-0.3, -0.25) is 4.79 Å². The van der Waals surface area contributed by atoms with Crippen LogP contribution in [0.1, 0.15) is 50.0 Å². The fraction of sp³-hybridized carbons (Fsp3) is 0.750. The molecule has 3 heterocycles. The van der Waals surface area contributed by atoms with Crippen LogP contribution in [-0.2, 0) is 24.3 Å². The Morgan fingerprint density at radius 1 is 1.38 bits per heavy atom. The number of nitrogens with zero attached hydrogens (tertiary/aromatic N) is 2. The predicted octanol–water partition coefficient (Wildman–Crippen LogP) is 1.62. The van der Waals surface area contributed by atoms with Crippen molar-refractivity contribution >= 4 is 5.91 Å². The number of aryl methyl sites for hydroxylation is 2. The van der Waals surface area contributed by atoms with Gasteiger partial charge in [0, 0.05) is 25.6 Å². The molecular weight excluding hydrogens is 264 g/mol. The molecule has 5 heteroatoms. The summed E-state index contributed by atoms with van der Waals surface area (Å²) >= 11 is 0. The van der Waals surface area contributed by atoms with E-state index < -0.39 is 0 Å². The van der Waals surface area contributed by atoms with Crippen LogP contribution >= 0.6 is 0 Å². The van der Waals surface area contributed by atoms with E-state index in [9.17, 15) is 4.79 Å². The second-order valence-corrected chi connectivity index (χ2v) is 6.31. The Labute approximate surface area is 126 Å². The first-order chi connectivity index (χ1) is 10.3. The summed E-state index contributed by atoms with van der Waals surface area (Å²) in [5, 5.41) is 6.38. The van der Waals surface area contributed by atoms with Crippen LogP contribution in [0.25, 0.3) is 0 Å². The number of aromatic nitrogens is 2. The molecule has 1 aromatic rings. The summed E-state index contributed by atoms with van der Waals surface area (Å²) in [6, 6.07) is 0. The lowest BCUT2D eigenvalue weighted by molar-refractivity contribution is -0.121. The van der Waals surface area contributed by atoms with Crippen LogP contribution in [0.4, 0.5) is 0 Å². The zero-order chi connectivity index (χ0) is 14.5. The minimum atomic E-state index is 0.166. The molecule has 0 radical (unpaired) electrons. The lowest BCUT2D eigenvalue weighted by Crippen LogP contribution is -2.29. The van der Waals surface area contributed by atoms with Crippen molar-refractivity contribution in [3.05, 3.63) is 17.7 Å². The molecule has 1 fully saturated rings. The minimum absolute atomic E-state index is 0.166. The van der Waals surface area contributed by atoms with Crippen molar-refractivity contribution in [1.29, 1.82) is 0 Å². The predicted molar refractivity (Wildman–Crippen MR) is 81.8 cm³/mol. The number of imidazole rings is 1. The molecule has 1 saturated heterocycles. The van der Waals surface area contributed by atoms with E-state index in [0.29, 0.717) is 13.0 Å². The van der Waals surface area contributed by atoms with E-state index in [-0.39, 0.29) is 5.91 Å². The van der Waals surface area contributed by atoms with E-state index in [0.717, 1.165) is 44.1 Å². The topological polar surface area (TPSA) is 59.0 Å². The van der Waals surface area contributed by atoms with Crippen molar-refractivity contribution in [2.45, 2.75) is 58.0 Å². The monoisotopic (exact) mass is 290 g/mol. The van der Waals surface area contributed by atoms with Crippen molar-refractivity contribution in [3.63, 3.8) is 0 Å². The highest BCUT2D eigenvalue weighted by Crippen LogP contribution is 2.18. The van der Waals surface area contributed by atoms with E-state index in [4.69, 9.17) is 0 Å². The van der Waals surface area contributed by atoms with Gasteiger partial charge in [-0.25, -0.2) is 4.98 Å². The van der Waals surface area contributed by atoms with Crippen LogP contribution in [0, 0.1) is 5.92 Å². The molecule has 0 saturated carbocycles. The highest BCUT2D eigenvalue weighted by molar-refractivity contribution is 5.75. The summed E-state index contributed by atoms with van der Waals surface area (Å²) < 4.78 is 2.24. The van der Waals surface area contributed by atoms with Gasteiger partial charge in [-0.2, -0.15) is 0 Å². The molecule has 0 spiro atoms. The van der Waals surface area contributed by atoms with Crippen molar-refractivity contribution in [3.8, 4) is 0 Å². The number of fused-ring (bicyclic) bond motifs is 1. The fourth-order valence-electron chi connectivity index (χ4n) is 3.34. The zero-order valence-corrected chi connectivity index (χ0v) is 12.7. The van der Waals surface area contributed by atoms with E-state index in [1.54, 1.807) is 0 Å². The number of nitrogens with one attached hydrogen (secondary N) is 2. The molecule has 0 atom stereocenters. The average Bonchev–Trinajstić information content (AvgIpc) is 2.95. The Morgan fingerprint density at radius 2 is 2.24 bits per heavy atom. The minimum Gasteiger partial charge on any atom is -0.350 e. The van der Waals surface area contributed by atoms with Crippen molar-refractivity contribution < 1.29 is 4.79 Å². The standard InChI is InChI=1S/C16H26N4O/c21-16(5-4-13-6-8-17-9-7-13)18-11-14-12-20-10-2-1-3-15(20)19-14/h12-13,17H,1-11H2,(H,18,21). The van der Waals surface area contributed by atoms with Gasteiger partial charge in [0.1, 0.15) is 5.82 Å². The molecule has 0 bridgehead atoms. The largest absolute Gasteiger partial charge is 0.350 e. The number of carbonyl (C=O) groups is 1. The summed E-state index contributed by atoms with van der Waals surface area (Å²) in [4.78, 5) is 16.6. The molecule has 2 aliphatic heterocycles. The summed E-state index contributed by atoms with van der Waals surface area (Å²) in [6.45, 7) is 3.86. The van der Waals surface area contributed by atoms with Crippen LogP contribution in [-0.4, -0.2) is 28.5 Å². The Kier molecular flexibility index (Phi) is 4.91. The van der Waals surface area contributed by atoms with Crippen molar-refractivity contribution in [1.82, 2.24) is 20.2 Å². The van der Waals surface area contributed by atoms with E-state index in [2.05, 4.69) is 26.4 Å². The third-order valence-corrected chi connectivity index (χ3v) is 4.66. The molecule has 1 aromatic heterocycles. The number of rotatable bonds is 5. The molecule has 21 heavy (non-hydrogen) atoms. The molecule has 2 N–H and O–H groups in total. The quantitative estimate of drug-likeness (QED) is 0.866. The number of hydrogen-bond acceptors (Lipinski definition) is 3. The van der Waals surface area contributed by atoms with Crippen molar-refractivity contribution in [2.24, 2.45) is 5.92 Å². The number of carbonyl (C=O) groups excluding carboxylic acids is 1. The maximum absolute atomic E-state index is 11.9. The number of piperidine rings is 1. The maximum Gasteiger partial charge on any atom is 0.220 e. The van der Waals surface area contributed by atoms with Crippen LogP contribution in [0.3, 0.4) is 0 Å². The lowest BCUT2D eigenvalue weighted by atomic mass is 9.93. The first kappa shape index (κ1) is 14.6. The van der Waals surface area contributed by atoms with Gasteiger partial charge in [0.25, 0.3) is 0 Å². The first-order valence-corrected chi connectivity index (χ1v) is 8.33. The summed E-state index contributed by atoms with van der Waals surface area (Å²) in [5.41, 5.74) is 1.00. The highest BCUT2D eigenvalue weighted by Gasteiger charge is 2.15. The van der Waals surface area contributed by atoms with Gasteiger partial charge in [-0.05, 0) is 51.1 Å². The van der Waals surface area contributed by atoms with Gasteiger partial charge in [-0.1, -0.05) is 0 Å². The summed E-state index contributed by atoms with van der Waals surface area (Å²) in [5.74, 6) is 2.07. The normalized spacial score (nSPS) is 19.2. The molecule has 116 valence electrons. The van der Waals surface area contributed by atoms with Crippen LogP contribution in [0.2, 0.25) is 0 Å². The second kappa shape index (κ2) is 7.07. The molecule has 2 aliphatic rings.